The van der Waals surface area contributed by atoms with E-state index < -0.39 is 17.5 Å². The number of fused-ring (bicyclic) bond motifs is 7. The lowest BCUT2D eigenvalue weighted by Crippen LogP contribution is -2.65. The lowest BCUT2D eigenvalue weighted by molar-refractivity contribution is -0.203. The Morgan fingerprint density at radius 3 is 2.24 bits per heavy atom. The molecule has 1 unspecified atom stereocenters. The lowest BCUT2D eigenvalue weighted by Gasteiger charge is -2.71. The maximum atomic E-state index is 12.5. The summed E-state index contributed by atoms with van der Waals surface area (Å²) in [6.45, 7) is 18.5. The second-order valence-corrected chi connectivity index (χ2v) is 14.0. The Kier molecular flexibility index (Phi) is 5.01. The van der Waals surface area contributed by atoms with E-state index in [1.807, 2.05) is 0 Å². The number of hydrogen-bond acceptors (Lipinski definition) is 2. The summed E-state index contributed by atoms with van der Waals surface area (Å²) in [7, 11) is 0. The van der Waals surface area contributed by atoms with Crippen molar-refractivity contribution in [1.29, 1.82) is 0 Å². The number of rotatable bonds is 2. The summed E-state index contributed by atoms with van der Waals surface area (Å²) in [4.78, 5) is 12.5. The number of aliphatic hydroxyl groups is 1. The first kappa shape index (κ1) is 23.6. The third-order valence-corrected chi connectivity index (χ3v) is 13.0. The third-order valence-electron chi connectivity index (χ3n) is 13.0. The minimum absolute atomic E-state index is 0.138. The standard InChI is InChI=1S/C30H46O3/c1-18(2)19-10-14-26(3)20(19)11-16-28(5)21(26)8-9-22-27(4)15-13-24(31)30(7,25(32)33)23(27)12-17-29(22,28)6/h12,19-22,24,31H,1,8-11,13-17H2,2-7H3,(H,32,33)/t19-,20-,21?,22+,24+,26-,27+,28+,29+,30+/m0/s1. The van der Waals surface area contributed by atoms with Crippen LogP contribution in [0.1, 0.15) is 99.3 Å². The first-order valence-electron chi connectivity index (χ1n) is 13.5. The predicted molar refractivity (Wildman–Crippen MR) is 133 cm³/mol. The van der Waals surface area contributed by atoms with Crippen LogP contribution in [0.4, 0.5) is 0 Å². The van der Waals surface area contributed by atoms with E-state index in [9.17, 15) is 15.0 Å². The fourth-order valence-electron chi connectivity index (χ4n) is 11.0. The van der Waals surface area contributed by atoms with E-state index in [1.54, 1.807) is 6.92 Å². The van der Waals surface area contributed by atoms with E-state index >= 15 is 0 Å². The number of carbonyl (C=O) groups is 1. The highest BCUT2D eigenvalue weighted by Gasteiger charge is 2.70. The largest absolute Gasteiger partial charge is 0.481 e. The molecule has 4 fully saturated rings. The summed E-state index contributed by atoms with van der Waals surface area (Å²) in [5.74, 6) is 1.82. The Morgan fingerprint density at radius 2 is 1.61 bits per heavy atom. The maximum Gasteiger partial charge on any atom is 0.316 e. The van der Waals surface area contributed by atoms with Crippen LogP contribution in [-0.2, 0) is 4.79 Å². The van der Waals surface area contributed by atoms with Gasteiger partial charge < -0.3 is 10.2 Å². The molecule has 10 atom stereocenters. The van der Waals surface area contributed by atoms with Crippen molar-refractivity contribution in [3.05, 3.63) is 23.8 Å². The van der Waals surface area contributed by atoms with Gasteiger partial charge in [-0.15, -0.1) is 0 Å². The van der Waals surface area contributed by atoms with Gasteiger partial charge in [0.15, 0.2) is 0 Å². The molecule has 0 heterocycles. The molecule has 0 saturated heterocycles. The highest BCUT2D eigenvalue weighted by molar-refractivity contribution is 5.80. The summed E-state index contributed by atoms with van der Waals surface area (Å²) in [6, 6.07) is 0. The van der Waals surface area contributed by atoms with Gasteiger partial charge in [-0.1, -0.05) is 45.9 Å². The molecule has 0 aromatic carbocycles. The molecule has 0 aromatic rings. The van der Waals surface area contributed by atoms with E-state index in [0.717, 1.165) is 30.3 Å². The molecule has 4 saturated carbocycles. The SMILES string of the molecule is C=C(C)[C@@H]1CC[C@]2(C)C3CC[C@@H]4[C@@]5(C)CC[C@@H](O)[C@](C)(C(=O)O)C5=CC[C@@]4(C)[C@]3(C)CC[C@@H]12. The van der Waals surface area contributed by atoms with Crippen LogP contribution in [0.5, 0.6) is 0 Å². The van der Waals surface area contributed by atoms with Crippen LogP contribution < -0.4 is 0 Å². The number of carboxylic acid groups (broad SMARTS) is 1. The minimum atomic E-state index is -1.16. The monoisotopic (exact) mass is 454 g/mol. The molecule has 5 rings (SSSR count). The van der Waals surface area contributed by atoms with Crippen molar-refractivity contribution in [2.45, 2.75) is 105 Å². The van der Waals surface area contributed by atoms with Gasteiger partial charge in [-0.3, -0.25) is 4.79 Å². The summed E-state index contributed by atoms with van der Waals surface area (Å²) >= 11 is 0. The Hall–Kier alpha value is -1.09. The Morgan fingerprint density at radius 1 is 0.939 bits per heavy atom. The van der Waals surface area contributed by atoms with Crippen molar-refractivity contribution >= 4 is 5.97 Å². The molecule has 33 heavy (non-hydrogen) atoms. The molecule has 0 radical (unpaired) electrons. The molecule has 0 aliphatic heterocycles. The van der Waals surface area contributed by atoms with Crippen molar-refractivity contribution in [2.75, 3.05) is 0 Å². The van der Waals surface area contributed by atoms with E-state index in [2.05, 4.69) is 47.3 Å². The molecule has 0 aromatic heterocycles. The first-order chi connectivity index (χ1) is 15.3. The van der Waals surface area contributed by atoms with Crippen LogP contribution in [-0.4, -0.2) is 22.3 Å². The normalized spacial score (nSPS) is 55.5. The molecule has 3 nitrogen and oxygen atoms in total. The topological polar surface area (TPSA) is 57.5 Å². The van der Waals surface area contributed by atoms with Gasteiger partial charge in [-0.25, -0.2) is 0 Å². The molecule has 5 aliphatic rings. The van der Waals surface area contributed by atoms with Gasteiger partial charge in [0, 0.05) is 0 Å². The van der Waals surface area contributed by atoms with Crippen LogP contribution >= 0.6 is 0 Å². The Labute approximate surface area is 201 Å². The predicted octanol–water partition coefficient (Wildman–Crippen LogP) is 7.01. The summed E-state index contributed by atoms with van der Waals surface area (Å²) in [6.07, 6.45) is 11.6. The maximum absolute atomic E-state index is 12.5. The molecular weight excluding hydrogens is 408 g/mol. The van der Waals surface area contributed by atoms with Crippen LogP contribution in [0.2, 0.25) is 0 Å². The molecule has 0 bridgehead atoms. The van der Waals surface area contributed by atoms with Crippen molar-refractivity contribution in [1.82, 2.24) is 0 Å². The van der Waals surface area contributed by atoms with Crippen molar-refractivity contribution in [3.63, 3.8) is 0 Å². The quantitative estimate of drug-likeness (QED) is 0.441. The number of hydrogen-bond donors (Lipinski definition) is 2. The van der Waals surface area contributed by atoms with E-state index in [0.29, 0.717) is 23.7 Å². The molecule has 0 amide bonds. The third kappa shape index (κ3) is 2.64. The summed E-state index contributed by atoms with van der Waals surface area (Å²) in [5.41, 5.74) is 1.95. The molecule has 2 N–H and O–H groups in total. The molecule has 0 spiro atoms. The Balaban J connectivity index is 1.58. The highest BCUT2D eigenvalue weighted by atomic mass is 16.4. The highest BCUT2D eigenvalue weighted by Crippen LogP contribution is 2.77. The van der Waals surface area contributed by atoms with E-state index in [-0.39, 0.29) is 16.2 Å². The zero-order chi connectivity index (χ0) is 24.2. The lowest BCUT2D eigenvalue weighted by atomic mass is 9.33. The zero-order valence-corrected chi connectivity index (χ0v) is 21.8. The average molecular weight is 455 g/mol. The van der Waals surface area contributed by atoms with Crippen LogP contribution in [0, 0.1) is 50.7 Å². The molecule has 3 heteroatoms. The van der Waals surface area contributed by atoms with Crippen LogP contribution in [0.15, 0.2) is 23.8 Å². The first-order valence-corrected chi connectivity index (χ1v) is 13.5. The van der Waals surface area contributed by atoms with Gasteiger partial charge >= 0.3 is 5.97 Å². The number of allylic oxidation sites excluding steroid dienone is 2. The number of carboxylic acids is 1. The van der Waals surface area contributed by atoms with Crippen molar-refractivity contribution in [3.8, 4) is 0 Å². The molecular formula is C30H46O3. The second kappa shape index (κ2) is 6.99. The fourth-order valence-corrected chi connectivity index (χ4v) is 11.0. The van der Waals surface area contributed by atoms with Crippen LogP contribution in [0.3, 0.4) is 0 Å². The Bertz CT molecular complexity index is 920. The van der Waals surface area contributed by atoms with E-state index in [1.165, 1.54) is 44.1 Å². The summed E-state index contributed by atoms with van der Waals surface area (Å²) < 4.78 is 0. The van der Waals surface area contributed by atoms with Gasteiger partial charge in [-0.2, -0.15) is 0 Å². The van der Waals surface area contributed by atoms with Gasteiger partial charge in [0.25, 0.3) is 0 Å². The van der Waals surface area contributed by atoms with Gasteiger partial charge in [0.2, 0.25) is 0 Å². The number of aliphatic hydroxyl groups excluding tert-OH is 1. The zero-order valence-electron chi connectivity index (χ0n) is 21.8. The smallest absolute Gasteiger partial charge is 0.316 e. The van der Waals surface area contributed by atoms with Crippen molar-refractivity contribution in [2.24, 2.45) is 50.7 Å². The molecule has 184 valence electrons. The van der Waals surface area contributed by atoms with Gasteiger partial charge in [-0.05, 0) is 123 Å². The number of aliphatic carboxylic acids is 1. The van der Waals surface area contributed by atoms with Crippen molar-refractivity contribution < 1.29 is 15.0 Å². The second-order valence-electron chi connectivity index (χ2n) is 14.0. The van der Waals surface area contributed by atoms with Crippen LogP contribution in [0.25, 0.3) is 0 Å². The fraction of sp³-hybridized carbons (Fsp3) is 0.833. The minimum Gasteiger partial charge on any atom is -0.481 e. The van der Waals surface area contributed by atoms with Gasteiger partial charge in [0.05, 0.1) is 6.10 Å². The summed E-state index contributed by atoms with van der Waals surface area (Å²) in [5, 5.41) is 21.0. The van der Waals surface area contributed by atoms with E-state index in [4.69, 9.17) is 0 Å². The van der Waals surface area contributed by atoms with Gasteiger partial charge in [0.1, 0.15) is 5.41 Å². The average Bonchev–Trinajstić information content (AvgIpc) is 3.09. The molecule has 5 aliphatic carbocycles.